The van der Waals surface area contributed by atoms with Crippen LogP contribution in [-0.2, 0) is 0 Å². The number of benzene rings is 7. The van der Waals surface area contributed by atoms with Crippen molar-refractivity contribution in [3.63, 3.8) is 0 Å². The van der Waals surface area contributed by atoms with E-state index in [-0.39, 0.29) is 0 Å². The van der Waals surface area contributed by atoms with Crippen molar-refractivity contribution in [1.82, 2.24) is 24.9 Å². The number of rotatable bonds is 6. The lowest BCUT2D eigenvalue weighted by atomic mass is 9.93. The fourth-order valence-electron chi connectivity index (χ4n) is 7.24. The molecule has 252 valence electrons. The Morgan fingerprint density at radius 2 is 0.741 bits per heavy atom. The van der Waals surface area contributed by atoms with E-state index < -0.39 is 0 Å². The van der Waals surface area contributed by atoms with E-state index in [0.29, 0.717) is 17.5 Å². The highest BCUT2D eigenvalue weighted by atomic mass is 15.0. The average Bonchev–Trinajstić information content (AvgIpc) is 3.26. The van der Waals surface area contributed by atoms with Crippen molar-refractivity contribution in [1.29, 1.82) is 0 Å². The number of fused-ring (bicyclic) bond motifs is 4. The van der Waals surface area contributed by atoms with E-state index >= 15 is 0 Å². The molecular formula is C49H31N5. The second kappa shape index (κ2) is 13.3. The largest absolute Gasteiger partial charge is 0.254 e. The van der Waals surface area contributed by atoms with E-state index in [9.17, 15) is 0 Å². The van der Waals surface area contributed by atoms with Gasteiger partial charge in [0.05, 0.1) is 16.7 Å². The van der Waals surface area contributed by atoms with Gasteiger partial charge in [-0.25, -0.2) is 19.9 Å². The Balaban J connectivity index is 1.03. The van der Waals surface area contributed by atoms with Gasteiger partial charge in [-0.2, -0.15) is 0 Å². The summed E-state index contributed by atoms with van der Waals surface area (Å²) in [5.41, 5.74) is 11.2. The molecule has 0 N–H and O–H groups in total. The minimum absolute atomic E-state index is 0.627. The quantitative estimate of drug-likeness (QED) is 0.163. The highest BCUT2D eigenvalue weighted by Gasteiger charge is 2.15. The van der Waals surface area contributed by atoms with Crippen molar-refractivity contribution in [2.24, 2.45) is 0 Å². The van der Waals surface area contributed by atoms with Crippen LogP contribution in [0.4, 0.5) is 0 Å². The molecular weight excluding hydrogens is 659 g/mol. The summed E-state index contributed by atoms with van der Waals surface area (Å²) in [6.07, 6.45) is 1.83. The molecule has 5 nitrogen and oxygen atoms in total. The van der Waals surface area contributed by atoms with Gasteiger partial charge in [0.2, 0.25) is 0 Å². The summed E-state index contributed by atoms with van der Waals surface area (Å²) in [5, 5.41) is 4.47. The van der Waals surface area contributed by atoms with Crippen LogP contribution in [0.1, 0.15) is 0 Å². The lowest BCUT2D eigenvalue weighted by Gasteiger charge is -2.13. The maximum absolute atomic E-state index is 5.17. The van der Waals surface area contributed by atoms with Crippen LogP contribution in [-0.4, -0.2) is 24.9 Å². The molecule has 0 fully saturated rings. The molecule has 0 amide bonds. The zero-order valence-corrected chi connectivity index (χ0v) is 29.1. The van der Waals surface area contributed by atoms with Crippen LogP contribution in [0.3, 0.4) is 0 Å². The molecule has 0 saturated heterocycles. The van der Waals surface area contributed by atoms with Crippen LogP contribution in [0.5, 0.6) is 0 Å². The fraction of sp³-hybridized carbons (Fsp3) is 0. The Kier molecular flexibility index (Phi) is 7.73. The Morgan fingerprint density at radius 1 is 0.278 bits per heavy atom. The summed E-state index contributed by atoms with van der Waals surface area (Å²) in [6, 6.07) is 62.9. The highest BCUT2D eigenvalue weighted by Crippen LogP contribution is 2.37. The number of pyridine rings is 2. The minimum atomic E-state index is 0.627. The smallest absolute Gasteiger partial charge is 0.164 e. The summed E-state index contributed by atoms with van der Waals surface area (Å²) < 4.78 is 0. The number of nitrogens with zero attached hydrogens (tertiary/aromatic N) is 5. The third kappa shape index (κ3) is 5.74. The molecule has 7 aromatic carbocycles. The molecule has 0 radical (unpaired) electrons. The number of hydrogen-bond donors (Lipinski definition) is 0. The van der Waals surface area contributed by atoms with E-state index in [1.54, 1.807) is 0 Å². The third-order valence-electron chi connectivity index (χ3n) is 10.0. The minimum Gasteiger partial charge on any atom is -0.254 e. The maximum Gasteiger partial charge on any atom is 0.164 e. The van der Waals surface area contributed by atoms with Crippen molar-refractivity contribution >= 4 is 32.6 Å². The molecule has 3 heterocycles. The van der Waals surface area contributed by atoms with Gasteiger partial charge in [-0.3, -0.25) is 4.98 Å². The summed E-state index contributed by atoms with van der Waals surface area (Å²) in [7, 11) is 0. The first-order chi connectivity index (χ1) is 26.7. The Hall–Kier alpha value is -7.37. The van der Waals surface area contributed by atoms with Crippen LogP contribution in [0.15, 0.2) is 188 Å². The molecule has 3 aromatic heterocycles. The van der Waals surface area contributed by atoms with Crippen LogP contribution in [0.25, 0.3) is 100 Å². The molecule has 0 aliphatic heterocycles. The van der Waals surface area contributed by atoms with Gasteiger partial charge in [-0.05, 0) is 45.2 Å². The monoisotopic (exact) mass is 689 g/mol. The van der Waals surface area contributed by atoms with Crippen molar-refractivity contribution in [3.8, 4) is 67.7 Å². The molecule has 0 aliphatic rings. The number of hydrogen-bond acceptors (Lipinski definition) is 5. The maximum atomic E-state index is 5.17. The van der Waals surface area contributed by atoms with Gasteiger partial charge < -0.3 is 0 Å². The highest BCUT2D eigenvalue weighted by molar-refractivity contribution is 6.07. The van der Waals surface area contributed by atoms with Gasteiger partial charge in [0.1, 0.15) is 0 Å². The molecule has 10 rings (SSSR count). The second-order valence-electron chi connectivity index (χ2n) is 13.3. The topological polar surface area (TPSA) is 64.5 Å². The standard InChI is InChI=1S/C49H31N5/c1-3-10-32(11-4-1)33-17-23-38(24-18-33)48-52-47(37-12-5-2-6-13-37)53-49(54-48)39-25-19-34(20-26-39)40-28-29-43(42-16-8-7-15-41(40)42)44-30-27-36-22-21-35-14-9-31-50-45(35)46(36)51-44/h1-31H. The molecule has 0 spiro atoms. The second-order valence-corrected chi connectivity index (χ2v) is 13.3. The Labute approximate surface area is 312 Å². The van der Waals surface area contributed by atoms with Crippen molar-refractivity contribution in [2.45, 2.75) is 0 Å². The number of aromatic nitrogens is 5. The normalized spacial score (nSPS) is 11.3. The van der Waals surface area contributed by atoms with Crippen LogP contribution in [0, 0.1) is 0 Å². The van der Waals surface area contributed by atoms with E-state index in [1.165, 1.54) is 5.56 Å². The summed E-state index contributed by atoms with van der Waals surface area (Å²) >= 11 is 0. The first-order valence-electron chi connectivity index (χ1n) is 18.0. The lowest BCUT2D eigenvalue weighted by molar-refractivity contribution is 1.07. The Bertz CT molecular complexity index is 2960. The van der Waals surface area contributed by atoms with Crippen LogP contribution >= 0.6 is 0 Å². The lowest BCUT2D eigenvalue weighted by Crippen LogP contribution is -2.00. The molecule has 5 heteroatoms. The molecule has 54 heavy (non-hydrogen) atoms. The average molecular weight is 690 g/mol. The van der Waals surface area contributed by atoms with E-state index in [0.717, 1.165) is 77.2 Å². The summed E-state index contributed by atoms with van der Waals surface area (Å²) in [6.45, 7) is 0. The van der Waals surface area contributed by atoms with Crippen molar-refractivity contribution in [2.75, 3.05) is 0 Å². The predicted octanol–water partition coefficient (Wildman–Crippen LogP) is 12.1. The van der Waals surface area contributed by atoms with Gasteiger partial charge in [-0.1, -0.05) is 170 Å². The summed E-state index contributed by atoms with van der Waals surface area (Å²) in [4.78, 5) is 24.7. The molecule has 0 saturated carbocycles. The molecule has 10 aromatic rings. The Morgan fingerprint density at radius 3 is 1.39 bits per heavy atom. The van der Waals surface area contributed by atoms with Gasteiger partial charge in [0, 0.05) is 39.2 Å². The third-order valence-corrected chi connectivity index (χ3v) is 10.0. The zero-order chi connectivity index (χ0) is 35.8. The predicted molar refractivity (Wildman–Crippen MR) is 221 cm³/mol. The van der Waals surface area contributed by atoms with Crippen molar-refractivity contribution < 1.29 is 0 Å². The SMILES string of the molecule is c1ccc(-c2ccc(-c3nc(-c4ccccc4)nc(-c4ccc(-c5ccc(-c6ccc7ccc8cccnc8c7n6)c6ccccc56)cc4)n3)cc2)cc1. The van der Waals surface area contributed by atoms with Crippen molar-refractivity contribution in [3.05, 3.63) is 188 Å². The fourth-order valence-corrected chi connectivity index (χ4v) is 7.24. The van der Waals surface area contributed by atoms with Gasteiger partial charge in [-0.15, -0.1) is 0 Å². The molecule has 0 atom stereocenters. The van der Waals surface area contributed by atoms with E-state index in [2.05, 4.69) is 145 Å². The van der Waals surface area contributed by atoms with Crippen LogP contribution in [0.2, 0.25) is 0 Å². The molecule has 0 bridgehead atoms. The van der Waals surface area contributed by atoms with Gasteiger partial charge >= 0.3 is 0 Å². The van der Waals surface area contributed by atoms with E-state index in [1.807, 2.05) is 48.7 Å². The first kappa shape index (κ1) is 31.4. The zero-order valence-electron chi connectivity index (χ0n) is 29.1. The van der Waals surface area contributed by atoms with Gasteiger partial charge in [0.15, 0.2) is 17.5 Å². The summed E-state index contributed by atoms with van der Waals surface area (Å²) in [5.74, 6) is 1.90. The molecule has 0 aliphatic carbocycles. The first-order valence-corrected chi connectivity index (χ1v) is 18.0. The van der Waals surface area contributed by atoms with E-state index in [4.69, 9.17) is 19.9 Å². The van der Waals surface area contributed by atoms with Gasteiger partial charge in [0.25, 0.3) is 0 Å². The molecule has 0 unspecified atom stereocenters. The van der Waals surface area contributed by atoms with Crippen LogP contribution < -0.4 is 0 Å².